The second-order valence-electron chi connectivity index (χ2n) is 2.35. The van der Waals surface area contributed by atoms with Gasteiger partial charge in [0.1, 0.15) is 6.61 Å². The molecular formula is C19H4O. The van der Waals surface area contributed by atoms with Gasteiger partial charge in [0.25, 0.3) is 0 Å². The van der Waals surface area contributed by atoms with Gasteiger partial charge in [-0.25, -0.2) is 0 Å². The number of terminal acetylenes is 1. The Hall–Kier alpha value is -4.00. The zero-order valence-corrected chi connectivity index (χ0v) is 10.2. The molecule has 0 amide bonds. The predicted molar refractivity (Wildman–Crippen MR) is 78.1 cm³/mol. The fraction of sp³-hybridized carbons (Fsp3) is 0.0526. The molecule has 0 unspecified atom stereocenters. The largest absolute Gasteiger partial charge is 0.384 e. The molecule has 0 aliphatic rings. The van der Waals surface area contributed by atoms with Gasteiger partial charge >= 0.3 is 0 Å². The molecule has 0 rings (SSSR count). The van der Waals surface area contributed by atoms with Crippen LogP contribution in [0.1, 0.15) is 0 Å². The Labute approximate surface area is 119 Å². The first-order chi connectivity index (χ1) is 9.91. The lowest BCUT2D eigenvalue weighted by molar-refractivity contribution is 0.350. The summed E-state index contributed by atoms with van der Waals surface area (Å²) in [4.78, 5) is 0. The zero-order valence-electron chi connectivity index (χ0n) is 10.2. The van der Waals surface area contributed by atoms with Crippen LogP contribution in [0.5, 0.6) is 0 Å². The summed E-state index contributed by atoms with van der Waals surface area (Å²) in [6.45, 7) is -0.223. The van der Waals surface area contributed by atoms with E-state index in [0.29, 0.717) is 0 Å². The minimum absolute atomic E-state index is 0.223. The molecule has 0 saturated carbocycles. The van der Waals surface area contributed by atoms with Gasteiger partial charge in [0.2, 0.25) is 0 Å². The van der Waals surface area contributed by atoms with Gasteiger partial charge in [-0.05, 0) is 94.7 Å². The molecule has 86 valence electrons. The van der Waals surface area contributed by atoms with E-state index in [-0.39, 0.29) is 6.61 Å². The highest BCUT2D eigenvalue weighted by molar-refractivity contribution is 5.46. The van der Waals surface area contributed by atoms with Crippen LogP contribution in [-0.2, 0) is 0 Å². The van der Waals surface area contributed by atoms with Crippen molar-refractivity contribution in [2.24, 2.45) is 0 Å². The van der Waals surface area contributed by atoms with E-state index in [1.54, 1.807) is 0 Å². The molecule has 20 heavy (non-hydrogen) atoms. The first-order valence-corrected chi connectivity index (χ1v) is 4.96. The topological polar surface area (TPSA) is 20.2 Å². The van der Waals surface area contributed by atoms with Crippen LogP contribution in [0.2, 0.25) is 0 Å². The number of rotatable bonds is 0. The summed E-state index contributed by atoms with van der Waals surface area (Å²) in [6.07, 6.45) is 4.89. The van der Waals surface area contributed by atoms with Gasteiger partial charge in [-0.15, -0.1) is 6.42 Å². The molecule has 0 aromatic rings. The molecule has 0 aliphatic carbocycles. The third-order valence-electron chi connectivity index (χ3n) is 1.11. The molecule has 0 aromatic heterocycles. The zero-order chi connectivity index (χ0) is 14.7. The summed E-state index contributed by atoms with van der Waals surface area (Å²) in [6, 6.07) is 0. The fourth-order valence-electron chi connectivity index (χ4n) is 0.526. The van der Waals surface area contributed by atoms with Crippen molar-refractivity contribution in [1.82, 2.24) is 0 Å². The molecule has 0 fully saturated rings. The van der Waals surface area contributed by atoms with E-state index < -0.39 is 0 Å². The van der Waals surface area contributed by atoms with Gasteiger partial charge in [-0.3, -0.25) is 0 Å². The maximum absolute atomic E-state index is 8.33. The van der Waals surface area contributed by atoms with Gasteiger partial charge in [0, 0.05) is 0 Å². The van der Waals surface area contributed by atoms with Crippen molar-refractivity contribution >= 4 is 0 Å². The van der Waals surface area contributed by atoms with E-state index >= 15 is 0 Å². The summed E-state index contributed by atoms with van der Waals surface area (Å²) in [5, 5.41) is 8.33. The Morgan fingerprint density at radius 3 is 1.10 bits per heavy atom. The highest BCUT2D eigenvalue weighted by Crippen LogP contribution is 1.58. The highest BCUT2D eigenvalue weighted by Gasteiger charge is 1.58. The van der Waals surface area contributed by atoms with Crippen molar-refractivity contribution in [1.29, 1.82) is 0 Å². The van der Waals surface area contributed by atoms with Crippen LogP contribution in [0.15, 0.2) is 0 Å². The summed E-state index contributed by atoms with van der Waals surface area (Å²) in [5.41, 5.74) is 0. The quantitative estimate of drug-likeness (QED) is 0.580. The molecule has 0 aliphatic heterocycles. The summed E-state index contributed by atoms with van der Waals surface area (Å²) in [7, 11) is 0. The Morgan fingerprint density at radius 1 is 0.500 bits per heavy atom. The van der Waals surface area contributed by atoms with Gasteiger partial charge in [-0.2, -0.15) is 0 Å². The molecule has 0 radical (unpaired) electrons. The van der Waals surface area contributed by atoms with Crippen LogP contribution in [-0.4, -0.2) is 11.7 Å². The lowest BCUT2D eigenvalue weighted by Gasteiger charge is -1.61. The Balaban J connectivity index is 4.30. The van der Waals surface area contributed by atoms with Crippen molar-refractivity contribution in [2.75, 3.05) is 6.61 Å². The maximum Gasteiger partial charge on any atom is 0.105 e. The van der Waals surface area contributed by atoms with E-state index in [9.17, 15) is 0 Å². The maximum atomic E-state index is 8.33. The standard InChI is InChI=1S/C19H4O/c1-2-3-4-5-6-7-8-9-10-11-12-13-14-15-16-17-18-19-20/h1,20H,19H2. The van der Waals surface area contributed by atoms with Crippen LogP contribution >= 0.6 is 0 Å². The van der Waals surface area contributed by atoms with E-state index in [4.69, 9.17) is 11.5 Å². The van der Waals surface area contributed by atoms with Crippen LogP contribution < -0.4 is 0 Å². The molecule has 0 spiro atoms. The van der Waals surface area contributed by atoms with Crippen molar-refractivity contribution in [3.8, 4) is 107 Å². The van der Waals surface area contributed by atoms with E-state index in [1.165, 1.54) is 0 Å². The van der Waals surface area contributed by atoms with Crippen molar-refractivity contribution in [3.63, 3.8) is 0 Å². The second-order valence-corrected chi connectivity index (χ2v) is 2.35. The molecule has 0 atom stereocenters. The highest BCUT2D eigenvalue weighted by atomic mass is 16.2. The molecule has 1 N–H and O–H groups in total. The summed E-state index contributed by atoms with van der Waals surface area (Å²) in [5.74, 6) is 41.0. The molecule has 1 nitrogen and oxygen atoms in total. The molecular weight excluding hydrogens is 244 g/mol. The van der Waals surface area contributed by atoms with Crippen molar-refractivity contribution in [3.05, 3.63) is 0 Å². The third-order valence-corrected chi connectivity index (χ3v) is 1.11. The predicted octanol–water partition coefficient (Wildman–Crippen LogP) is -0.361. The number of hydrogen-bond donors (Lipinski definition) is 1. The molecule has 0 aromatic carbocycles. The molecule has 1 heteroatoms. The lowest BCUT2D eigenvalue weighted by Crippen LogP contribution is -1.68. The van der Waals surface area contributed by atoms with Gasteiger partial charge in [0.15, 0.2) is 0 Å². The third kappa shape index (κ3) is 14.0. The van der Waals surface area contributed by atoms with E-state index in [0.717, 1.165) is 0 Å². The normalized spacial score (nSPS) is 4.20. The molecule has 0 bridgehead atoms. The minimum Gasteiger partial charge on any atom is -0.384 e. The Kier molecular flexibility index (Phi) is 12.0. The minimum atomic E-state index is -0.223. The van der Waals surface area contributed by atoms with Gasteiger partial charge in [0.05, 0.1) is 0 Å². The molecule has 0 saturated heterocycles. The number of hydrogen-bond acceptors (Lipinski definition) is 1. The van der Waals surface area contributed by atoms with E-state index in [1.807, 2.05) is 0 Å². The van der Waals surface area contributed by atoms with Crippen molar-refractivity contribution in [2.45, 2.75) is 0 Å². The van der Waals surface area contributed by atoms with Gasteiger partial charge in [-0.1, -0.05) is 5.92 Å². The lowest BCUT2D eigenvalue weighted by atomic mass is 10.5. The number of aliphatic hydroxyl groups excluding tert-OH is 1. The van der Waals surface area contributed by atoms with Crippen LogP contribution in [0.3, 0.4) is 0 Å². The summed E-state index contributed by atoms with van der Waals surface area (Å²) >= 11 is 0. The molecule has 0 heterocycles. The average molecular weight is 248 g/mol. The Bertz CT molecular complexity index is 878. The Morgan fingerprint density at radius 2 is 0.800 bits per heavy atom. The summed E-state index contributed by atoms with van der Waals surface area (Å²) < 4.78 is 0. The van der Waals surface area contributed by atoms with Crippen LogP contribution in [0, 0.1) is 107 Å². The fourth-order valence-corrected chi connectivity index (χ4v) is 0.526. The number of aliphatic hydroxyl groups is 1. The van der Waals surface area contributed by atoms with Crippen LogP contribution in [0.25, 0.3) is 0 Å². The monoisotopic (exact) mass is 248 g/mol. The first kappa shape index (κ1) is 16.0. The first-order valence-electron chi connectivity index (χ1n) is 4.96. The smallest absolute Gasteiger partial charge is 0.105 e. The average Bonchev–Trinajstić information content (AvgIpc) is 2.47. The van der Waals surface area contributed by atoms with E-state index in [2.05, 4.69) is 101 Å². The van der Waals surface area contributed by atoms with Gasteiger partial charge < -0.3 is 5.11 Å². The van der Waals surface area contributed by atoms with Crippen LogP contribution in [0.4, 0.5) is 0 Å². The SMILES string of the molecule is C#CC#CC#CC#CC#CC#CC#CC#CC#CCO. The van der Waals surface area contributed by atoms with Crippen molar-refractivity contribution < 1.29 is 5.11 Å². The second kappa shape index (κ2) is 15.0.